The monoisotopic (exact) mass is 567 g/mol. The van der Waals surface area contributed by atoms with Crippen LogP contribution in [0.25, 0.3) is 11.1 Å². The van der Waals surface area contributed by atoms with Crippen LogP contribution in [0.3, 0.4) is 0 Å². The van der Waals surface area contributed by atoms with Gasteiger partial charge in [-0.25, -0.2) is 13.1 Å². The second kappa shape index (κ2) is 15.8. The maximum atomic E-state index is 13.2. The molecule has 2 unspecified atom stereocenters. The zero-order valence-corrected chi connectivity index (χ0v) is 25.0. The molecule has 2 aromatic rings. The van der Waals surface area contributed by atoms with Crippen molar-refractivity contribution in [1.82, 2.24) is 14.9 Å². The van der Waals surface area contributed by atoms with Crippen molar-refractivity contribution < 1.29 is 42.0 Å². The number of nitrogens with zero attached hydrogens (tertiary/aromatic N) is 1. The van der Waals surface area contributed by atoms with Crippen LogP contribution < -0.4 is 34.0 Å². The van der Waals surface area contributed by atoms with Gasteiger partial charge in [-0.2, -0.15) is 11.8 Å². The number of carboxylic acids is 1. The molecule has 11 heteroatoms. The standard InChI is InChI=1S/C28H39N3O5S2.Li/c1-20-9-4-5-11-23(20)25-19-22(12-13-24(25)27(32)30-26(28(33)34)14-18-37-3)38(35,36)29-15-8-17-31-16-7-6-10-21(31)2;/h4-5,9,11-13,19,21,26,29H,6-8,10,14-18H2,1-3H3,(H,30,32)(H,33,34);/q;+1/p-1. The van der Waals surface area contributed by atoms with E-state index in [1.165, 1.54) is 49.2 Å². The Kier molecular flexibility index (Phi) is 13.6. The van der Waals surface area contributed by atoms with E-state index in [2.05, 4.69) is 21.9 Å². The number of sulfonamides is 1. The molecule has 1 aliphatic heterocycles. The van der Waals surface area contributed by atoms with E-state index < -0.39 is 27.9 Å². The average Bonchev–Trinajstić information content (AvgIpc) is 2.89. The van der Waals surface area contributed by atoms with E-state index in [-0.39, 0.29) is 35.7 Å². The van der Waals surface area contributed by atoms with E-state index in [0.29, 0.717) is 35.9 Å². The molecule has 0 bridgehead atoms. The summed E-state index contributed by atoms with van der Waals surface area (Å²) in [4.78, 5) is 27.2. The SMILES string of the molecule is CSCCC(NC(=O)c1ccc(S(=O)(=O)NCCCN2CCCCC2C)cc1-c1ccccc1C)C(=O)[O-].[Li+]. The number of thioether (sulfide) groups is 1. The van der Waals surface area contributed by atoms with E-state index in [1.54, 1.807) is 0 Å². The molecular formula is C28H38LiN3O5S2. The van der Waals surface area contributed by atoms with Crippen LogP contribution in [0.2, 0.25) is 0 Å². The maximum Gasteiger partial charge on any atom is 1.00 e. The molecule has 2 aromatic carbocycles. The first-order chi connectivity index (χ1) is 18.1. The van der Waals surface area contributed by atoms with Crippen LogP contribution in [0.4, 0.5) is 0 Å². The first-order valence-corrected chi connectivity index (χ1v) is 16.0. The molecule has 3 rings (SSSR count). The molecule has 1 saturated heterocycles. The summed E-state index contributed by atoms with van der Waals surface area (Å²) in [5.41, 5.74) is 2.18. The number of nitrogens with one attached hydrogen (secondary N) is 2. The van der Waals surface area contributed by atoms with Gasteiger partial charge in [0, 0.05) is 18.2 Å². The molecule has 1 amide bonds. The van der Waals surface area contributed by atoms with Crippen molar-refractivity contribution in [3.63, 3.8) is 0 Å². The number of rotatable bonds is 13. The number of carbonyl (C=O) groups is 2. The third kappa shape index (κ3) is 9.37. The third-order valence-corrected chi connectivity index (χ3v) is 9.14. The van der Waals surface area contributed by atoms with Gasteiger partial charge >= 0.3 is 18.9 Å². The first-order valence-electron chi connectivity index (χ1n) is 13.1. The zero-order chi connectivity index (χ0) is 27.7. The molecule has 39 heavy (non-hydrogen) atoms. The smallest absolute Gasteiger partial charge is 0.548 e. The van der Waals surface area contributed by atoms with Crippen molar-refractivity contribution in [1.29, 1.82) is 0 Å². The summed E-state index contributed by atoms with van der Waals surface area (Å²) in [5.74, 6) is -1.40. The van der Waals surface area contributed by atoms with Crippen LogP contribution in [0.1, 0.15) is 54.9 Å². The normalized spacial score (nSPS) is 16.7. The Bertz CT molecular complexity index is 1230. The molecule has 2 N–H and O–H groups in total. The number of carboxylic acid groups (broad SMARTS) is 1. The number of piperidine rings is 1. The second-order valence-corrected chi connectivity index (χ2v) is 12.5. The van der Waals surface area contributed by atoms with Crippen LogP contribution in [-0.4, -0.2) is 68.9 Å². The minimum absolute atomic E-state index is 0. The van der Waals surface area contributed by atoms with E-state index in [0.717, 1.165) is 18.7 Å². The quantitative estimate of drug-likeness (QED) is 0.255. The van der Waals surface area contributed by atoms with Crippen LogP contribution in [0.15, 0.2) is 47.4 Å². The van der Waals surface area contributed by atoms with Crippen molar-refractivity contribution >= 4 is 33.7 Å². The average molecular weight is 568 g/mol. The number of hydrogen-bond acceptors (Lipinski definition) is 7. The van der Waals surface area contributed by atoms with Crippen molar-refractivity contribution in [2.24, 2.45) is 0 Å². The van der Waals surface area contributed by atoms with Crippen LogP contribution in [-0.2, 0) is 14.8 Å². The van der Waals surface area contributed by atoms with Crippen LogP contribution in [0.5, 0.6) is 0 Å². The van der Waals surface area contributed by atoms with Crippen molar-refractivity contribution in [3.8, 4) is 11.1 Å². The molecule has 0 radical (unpaired) electrons. The summed E-state index contributed by atoms with van der Waals surface area (Å²) >= 11 is 1.47. The van der Waals surface area contributed by atoms with Gasteiger partial charge in [0.15, 0.2) is 0 Å². The van der Waals surface area contributed by atoms with Crippen LogP contribution >= 0.6 is 11.8 Å². The number of benzene rings is 2. The Balaban J connectivity index is 0.00000533. The summed E-state index contributed by atoms with van der Waals surface area (Å²) in [5, 5.41) is 14.1. The summed E-state index contributed by atoms with van der Waals surface area (Å²) < 4.78 is 29.0. The molecule has 2 atom stereocenters. The molecular weight excluding hydrogens is 529 g/mol. The van der Waals surface area contributed by atoms with Gasteiger partial charge in [-0.05, 0) is 99.5 Å². The molecule has 1 aliphatic rings. The number of aliphatic carboxylic acids is 1. The molecule has 0 spiro atoms. The number of likely N-dealkylation sites (tertiary alicyclic amines) is 1. The first kappa shape index (κ1) is 33.4. The minimum Gasteiger partial charge on any atom is -0.548 e. The van der Waals surface area contributed by atoms with E-state index in [9.17, 15) is 23.1 Å². The largest absolute Gasteiger partial charge is 1.00 e. The van der Waals surface area contributed by atoms with Crippen molar-refractivity contribution in [2.75, 3.05) is 31.6 Å². The van der Waals surface area contributed by atoms with Gasteiger partial charge in [0.2, 0.25) is 10.0 Å². The fourth-order valence-electron chi connectivity index (χ4n) is 4.77. The van der Waals surface area contributed by atoms with E-state index in [1.807, 2.05) is 37.4 Å². The summed E-state index contributed by atoms with van der Waals surface area (Å²) in [6.07, 6.45) is 6.38. The van der Waals surface area contributed by atoms with Gasteiger partial charge < -0.3 is 20.1 Å². The fourth-order valence-corrected chi connectivity index (χ4v) is 6.34. The number of hydrogen-bond donors (Lipinski definition) is 2. The number of aryl methyl sites for hydroxylation is 1. The Labute approximate surface area is 248 Å². The predicted molar refractivity (Wildman–Crippen MR) is 151 cm³/mol. The van der Waals surface area contributed by atoms with Gasteiger partial charge in [0.05, 0.1) is 16.9 Å². The van der Waals surface area contributed by atoms with Gasteiger partial charge in [0.25, 0.3) is 5.91 Å². The van der Waals surface area contributed by atoms with E-state index in [4.69, 9.17) is 0 Å². The molecule has 208 valence electrons. The molecule has 0 aliphatic carbocycles. The number of amides is 1. The summed E-state index contributed by atoms with van der Waals surface area (Å²) in [6.45, 7) is 6.30. The Morgan fingerprint density at radius 2 is 1.90 bits per heavy atom. The Morgan fingerprint density at radius 3 is 2.56 bits per heavy atom. The predicted octanol–water partition coefficient (Wildman–Crippen LogP) is -0.190. The topological polar surface area (TPSA) is 119 Å². The third-order valence-electron chi connectivity index (χ3n) is 7.04. The Morgan fingerprint density at radius 1 is 1.15 bits per heavy atom. The van der Waals surface area contributed by atoms with Gasteiger partial charge in [-0.3, -0.25) is 4.79 Å². The van der Waals surface area contributed by atoms with Gasteiger partial charge in [-0.1, -0.05) is 30.7 Å². The second-order valence-electron chi connectivity index (χ2n) is 9.78. The van der Waals surface area contributed by atoms with Gasteiger partial charge in [-0.15, -0.1) is 0 Å². The molecule has 1 heterocycles. The summed E-state index contributed by atoms with van der Waals surface area (Å²) in [6, 6.07) is 11.1. The number of carbonyl (C=O) groups excluding carboxylic acids is 2. The molecule has 0 aromatic heterocycles. The van der Waals surface area contributed by atoms with Crippen LogP contribution in [0, 0.1) is 6.92 Å². The zero-order valence-electron chi connectivity index (χ0n) is 23.4. The summed E-state index contributed by atoms with van der Waals surface area (Å²) in [7, 11) is -3.82. The fraction of sp³-hybridized carbons (Fsp3) is 0.500. The molecule has 1 fully saturated rings. The molecule has 8 nitrogen and oxygen atoms in total. The van der Waals surface area contributed by atoms with Crippen molar-refractivity contribution in [2.45, 2.75) is 62.9 Å². The maximum absolute atomic E-state index is 13.2. The Hall–Kier alpha value is -1.80. The van der Waals surface area contributed by atoms with Crippen molar-refractivity contribution in [3.05, 3.63) is 53.6 Å². The molecule has 0 saturated carbocycles. The van der Waals surface area contributed by atoms with E-state index >= 15 is 0 Å². The van der Waals surface area contributed by atoms with Gasteiger partial charge in [0.1, 0.15) is 0 Å². The minimum atomic E-state index is -3.82.